The highest BCUT2D eigenvalue weighted by molar-refractivity contribution is 7.87. The van der Waals surface area contributed by atoms with Crippen LogP contribution in [0.15, 0.2) is 24.3 Å². The Morgan fingerprint density at radius 3 is 2.63 bits per heavy atom. The van der Waals surface area contributed by atoms with Crippen LogP contribution in [0.2, 0.25) is 0 Å². The van der Waals surface area contributed by atoms with Gasteiger partial charge in [0.2, 0.25) is 0 Å². The van der Waals surface area contributed by atoms with Gasteiger partial charge < -0.3 is 5.73 Å². The van der Waals surface area contributed by atoms with Gasteiger partial charge in [0.25, 0.3) is 10.2 Å². The molecule has 0 saturated heterocycles. The number of nitrogen functional groups attached to an aromatic ring is 1. The maximum absolute atomic E-state index is 11.9. The molecule has 0 aliphatic carbocycles. The Hall–Kier alpha value is -1.44. The van der Waals surface area contributed by atoms with Crippen molar-refractivity contribution in [2.75, 3.05) is 7.05 Å². The van der Waals surface area contributed by atoms with E-state index in [1.807, 2.05) is 0 Å². The van der Waals surface area contributed by atoms with Gasteiger partial charge >= 0.3 is 0 Å². The van der Waals surface area contributed by atoms with Crippen LogP contribution < -0.4 is 10.5 Å². The number of hydrogen-bond donors (Lipinski definition) is 3. The van der Waals surface area contributed by atoms with Crippen LogP contribution in [0.5, 0.6) is 0 Å². The molecule has 7 heteroatoms. The molecule has 6 nitrogen and oxygen atoms in total. The minimum atomic E-state index is -3.49. The highest BCUT2D eigenvalue weighted by Gasteiger charge is 2.18. The Morgan fingerprint density at radius 1 is 1.47 bits per heavy atom. The molecular weight excluding hydrogens is 264 g/mol. The number of benzene rings is 1. The summed E-state index contributed by atoms with van der Waals surface area (Å²) in [6.07, 6.45) is 0. The molecule has 1 aromatic rings. The smallest absolute Gasteiger partial charge is 0.279 e. The predicted octanol–water partition coefficient (Wildman–Crippen LogP) is 0.645. The second kappa shape index (κ2) is 6.14. The normalized spacial score (nSPS) is 12.1. The first-order valence-corrected chi connectivity index (χ1v) is 7.33. The summed E-state index contributed by atoms with van der Waals surface area (Å²) in [6.45, 7) is 3.76. The molecule has 0 aliphatic rings. The number of hydrogen-bond acceptors (Lipinski definition) is 3. The number of amidine groups is 1. The second-order valence-electron chi connectivity index (χ2n) is 4.65. The van der Waals surface area contributed by atoms with Crippen molar-refractivity contribution < 1.29 is 8.42 Å². The van der Waals surface area contributed by atoms with Crippen LogP contribution in [-0.4, -0.2) is 31.6 Å². The highest BCUT2D eigenvalue weighted by atomic mass is 32.2. The van der Waals surface area contributed by atoms with Crippen LogP contribution >= 0.6 is 0 Å². The Morgan fingerprint density at radius 2 is 2.11 bits per heavy atom. The van der Waals surface area contributed by atoms with Crippen molar-refractivity contribution in [3.05, 3.63) is 35.4 Å². The lowest BCUT2D eigenvalue weighted by molar-refractivity contribution is 0.449. The lowest BCUT2D eigenvalue weighted by Crippen LogP contribution is -2.41. The standard InChI is InChI=1S/C12H20N4O2S/c1-9(2)15-19(17,18)16(3)8-10-5-4-6-11(7-10)12(13)14/h4-7,9,15H,8H2,1-3H3,(H3,13,14). The van der Waals surface area contributed by atoms with E-state index in [0.717, 1.165) is 5.56 Å². The molecule has 0 atom stereocenters. The molecule has 0 heterocycles. The summed E-state index contributed by atoms with van der Waals surface area (Å²) in [6, 6.07) is 6.82. The summed E-state index contributed by atoms with van der Waals surface area (Å²) >= 11 is 0. The molecule has 4 N–H and O–H groups in total. The van der Waals surface area contributed by atoms with E-state index in [1.165, 1.54) is 11.4 Å². The zero-order chi connectivity index (χ0) is 14.6. The molecule has 0 aliphatic heterocycles. The third kappa shape index (κ3) is 4.62. The van der Waals surface area contributed by atoms with E-state index in [4.69, 9.17) is 11.1 Å². The third-order valence-corrected chi connectivity index (χ3v) is 4.16. The fourth-order valence-corrected chi connectivity index (χ4v) is 2.66. The van der Waals surface area contributed by atoms with Crippen LogP contribution in [0.25, 0.3) is 0 Å². The van der Waals surface area contributed by atoms with E-state index in [9.17, 15) is 8.42 Å². The van der Waals surface area contributed by atoms with Crippen molar-refractivity contribution in [1.29, 1.82) is 5.41 Å². The molecule has 0 bridgehead atoms. The van der Waals surface area contributed by atoms with Crippen LogP contribution in [0.3, 0.4) is 0 Å². The molecule has 1 rings (SSSR count). The monoisotopic (exact) mass is 284 g/mol. The van der Waals surface area contributed by atoms with E-state index in [-0.39, 0.29) is 18.4 Å². The lowest BCUT2D eigenvalue weighted by Gasteiger charge is -2.19. The Kier molecular flexibility index (Phi) is 5.04. The van der Waals surface area contributed by atoms with Gasteiger partial charge in [-0.25, -0.2) is 0 Å². The van der Waals surface area contributed by atoms with Crippen LogP contribution in [0.4, 0.5) is 0 Å². The Bertz CT molecular complexity index is 555. The van der Waals surface area contributed by atoms with Gasteiger partial charge in [0.15, 0.2) is 0 Å². The molecule has 0 radical (unpaired) electrons. The van der Waals surface area contributed by atoms with E-state index in [2.05, 4.69) is 4.72 Å². The van der Waals surface area contributed by atoms with E-state index in [1.54, 1.807) is 38.1 Å². The van der Waals surface area contributed by atoms with Crippen molar-refractivity contribution in [3.63, 3.8) is 0 Å². The summed E-state index contributed by atoms with van der Waals surface area (Å²) < 4.78 is 27.6. The minimum Gasteiger partial charge on any atom is -0.384 e. The maximum Gasteiger partial charge on any atom is 0.279 e. The minimum absolute atomic E-state index is 0.0346. The molecule has 0 amide bonds. The average molecular weight is 284 g/mol. The van der Waals surface area contributed by atoms with Gasteiger partial charge in [-0.2, -0.15) is 17.4 Å². The molecular formula is C12H20N4O2S. The topological polar surface area (TPSA) is 99.3 Å². The van der Waals surface area contributed by atoms with Gasteiger partial charge in [-0.1, -0.05) is 18.2 Å². The zero-order valence-corrected chi connectivity index (χ0v) is 12.2. The van der Waals surface area contributed by atoms with Crippen LogP contribution in [0.1, 0.15) is 25.0 Å². The first-order valence-electron chi connectivity index (χ1n) is 5.89. The van der Waals surface area contributed by atoms with E-state index in [0.29, 0.717) is 5.56 Å². The quantitative estimate of drug-likeness (QED) is 0.528. The van der Waals surface area contributed by atoms with E-state index < -0.39 is 10.2 Å². The van der Waals surface area contributed by atoms with Gasteiger partial charge in [0.05, 0.1) is 0 Å². The Balaban J connectivity index is 2.85. The molecule has 0 fully saturated rings. The summed E-state index contributed by atoms with van der Waals surface area (Å²) in [4.78, 5) is 0. The predicted molar refractivity (Wildman–Crippen MR) is 76.1 cm³/mol. The van der Waals surface area contributed by atoms with Crippen LogP contribution in [-0.2, 0) is 16.8 Å². The second-order valence-corrected chi connectivity index (χ2v) is 6.46. The number of rotatable bonds is 6. The lowest BCUT2D eigenvalue weighted by atomic mass is 10.1. The maximum atomic E-state index is 11.9. The van der Waals surface area contributed by atoms with Crippen molar-refractivity contribution >= 4 is 16.0 Å². The largest absolute Gasteiger partial charge is 0.384 e. The first-order chi connectivity index (χ1) is 8.72. The van der Waals surface area contributed by atoms with Gasteiger partial charge in [-0.3, -0.25) is 5.41 Å². The molecule has 0 unspecified atom stereocenters. The summed E-state index contributed by atoms with van der Waals surface area (Å²) in [7, 11) is -1.99. The van der Waals surface area contributed by atoms with Crippen molar-refractivity contribution in [2.45, 2.75) is 26.4 Å². The molecule has 1 aromatic carbocycles. The summed E-state index contributed by atoms with van der Waals surface area (Å²) in [5, 5.41) is 7.36. The number of nitrogens with zero attached hydrogens (tertiary/aromatic N) is 1. The molecule has 106 valence electrons. The SMILES string of the molecule is CC(C)NS(=O)(=O)N(C)Cc1cccc(C(=N)N)c1. The number of nitrogens with two attached hydrogens (primary N) is 1. The van der Waals surface area contributed by atoms with Crippen LogP contribution in [0, 0.1) is 5.41 Å². The van der Waals surface area contributed by atoms with Crippen molar-refractivity contribution in [1.82, 2.24) is 9.03 Å². The zero-order valence-electron chi connectivity index (χ0n) is 11.3. The molecule has 0 aromatic heterocycles. The molecule has 0 spiro atoms. The van der Waals surface area contributed by atoms with Gasteiger partial charge in [-0.15, -0.1) is 0 Å². The fourth-order valence-electron chi connectivity index (χ4n) is 1.57. The van der Waals surface area contributed by atoms with Gasteiger partial charge in [0.1, 0.15) is 5.84 Å². The van der Waals surface area contributed by atoms with Gasteiger partial charge in [-0.05, 0) is 25.5 Å². The Labute approximate surface area is 114 Å². The van der Waals surface area contributed by atoms with Crippen molar-refractivity contribution in [2.24, 2.45) is 5.73 Å². The highest BCUT2D eigenvalue weighted by Crippen LogP contribution is 2.09. The van der Waals surface area contributed by atoms with Gasteiger partial charge in [0, 0.05) is 25.2 Å². The first kappa shape index (κ1) is 15.6. The van der Waals surface area contributed by atoms with E-state index >= 15 is 0 Å². The average Bonchev–Trinajstić information content (AvgIpc) is 2.27. The van der Waals surface area contributed by atoms with Crippen molar-refractivity contribution in [3.8, 4) is 0 Å². The molecule has 0 saturated carbocycles. The number of nitrogens with one attached hydrogen (secondary N) is 2. The molecule has 19 heavy (non-hydrogen) atoms. The summed E-state index contributed by atoms with van der Waals surface area (Å²) in [5.74, 6) is -0.0346. The third-order valence-electron chi connectivity index (χ3n) is 2.44. The fraction of sp³-hybridized carbons (Fsp3) is 0.417. The summed E-state index contributed by atoms with van der Waals surface area (Å²) in [5.41, 5.74) is 6.77.